The lowest BCUT2D eigenvalue weighted by Crippen LogP contribution is -2.36. The van der Waals surface area contributed by atoms with Crippen molar-refractivity contribution in [1.82, 2.24) is 15.0 Å². The van der Waals surface area contributed by atoms with E-state index in [1.54, 1.807) is 12.4 Å². The fraction of sp³-hybridized carbons (Fsp3) is 0.231. The Morgan fingerprint density at radius 2 is 1.85 bits per heavy atom. The fourth-order valence-electron chi connectivity index (χ4n) is 4.00. The first-order valence-corrected chi connectivity index (χ1v) is 11.6. The Morgan fingerprint density at radius 3 is 2.68 bits per heavy atom. The Labute approximate surface area is 203 Å². The van der Waals surface area contributed by atoms with E-state index in [9.17, 15) is 0 Å². The molecule has 0 bridgehead atoms. The predicted molar refractivity (Wildman–Crippen MR) is 137 cm³/mol. The topological polar surface area (TPSA) is 75.0 Å². The number of anilines is 4. The lowest BCUT2D eigenvalue weighted by Gasteiger charge is -2.32. The van der Waals surface area contributed by atoms with Gasteiger partial charge in [-0.25, -0.2) is 9.56 Å². The van der Waals surface area contributed by atoms with E-state index < -0.39 is 0 Å². The minimum atomic E-state index is 0.202. The van der Waals surface area contributed by atoms with Gasteiger partial charge in [0.2, 0.25) is 5.95 Å². The summed E-state index contributed by atoms with van der Waals surface area (Å²) in [5, 5.41) is 8.11. The minimum Gasteiger partial charge on any atom is -0.489 e. The van der Waals surface area contributed by atoms with Gasteiger partial charge in [0.1, 0.15) is 38.0 Å². The van der Waals surface area contributed by atoms with E-state index in [1.165, 1.54) is 0 Å². The van der Waals surface area contributed by atoms with Crippen LogP contribution in [0.25, 0.3) is 10.9 Å². The fourth-order valence-corrected chi connectivity index (χ4v) is 4.23. The van der Waals surface area contributed by atoms with Crippen LogP contribution >= 0.6 is 11.6 Å². The molecule has 0 radical (unpaired) electrons. The smallest absolute Gasteiger partial charge is 0.229 e. The van der Waals surface area contributed by atoms with Gasteiger partial charge in [-0.2, -0.15) is 4.98 Å². The first kappa shape index (κ1) is 22.1. The molecule has 172 valence electrons. The highest BCUT2D eigenvalue weighted by Crippen LogP contribution is 2.35. The normalized spacial score (nSPS) is 17.0. The lowest BCUT2D eigenvalue weighted by atomic mass is 9.83. The first-order valence-electron chi connectivity index (χ1n) is 11.2. The minimum absolute atomic E-state index is 0.202. The maximum atomic E-state index is 6.49. The number of fused-ring (bicyclic) bond motifs is 1. The van der Waals surface area contributed by atoms with Crippen LogP contribution in [0.4, 0.5) is 23.1 Å². The van der Waals surface area contributed by atoms with Gasteiger partial charge < -0.3 is 15.4 Å². The highest BCUT2D eigenvalue weighted by molar-refractivity contribution is 6.32. The Balaban J connectivity index is 1.22. The summed E-state index contributed by atoms with van der Waals surface area (Å²) in [4.78, 5) is 13.4. The molecule has 4 aromatic rings. The molecule has 1 fully saturated rings. The maximum Gasteiger partial charge on any atom is 0.229 e. The average molecular weight is 474 g/mol. The van der Waals surface area contributed by atoms with Gasteiger partial charge in [0.25, 0.3) is 0 Å². The molecule has 2 N–H and O–H groups in total. The monoisotopic (exact) mass is 473 g/mol. The van der Waals surface area contributed by atoms with Crippen LogP contribution in [0.15, 0.2) is 67.0 Å². The number of ether oxygens (including phenoxy) is 1. The third-order valence-electron chi connectivity index (χ3n) is 5.64. The van der Waals surface area contributed by atoms with Gasteiger partial charge in [0, 0.05) is 23.2 Å². The van der Waals surface area contributed by atoms with Crippen molar-refractivity contribution in [3.8, 4) is 5.75 Å². The molecule has 0 atom stereocenters. The zero-order valence-electron chi connectivity index (χ0n) is 19.1. The summed E-state index contributed by atoms with van der Waals surface area (Å²) in [7, 11) is 4.10. The zero-order chi connectivity index (χ0) is 23.5. The van der Waals surface area contributed by atoms with Crippen molar-refractivity contribution in [1.29, 1.82) is 0 Å². The van der Waals surface area contributed by atoms with Gasteiger partial charge in [0.05, 0.1) is 22.4 Å². The third kappa shape index (κ3) is 5.26. The van der Waals surface area contributed by atoms with Crippen LogP contribution in [0.3, 0.4) is 0 Å². The van der Waals surface area contributed by atoms with Crippen LogP contribution in [0, 0.1) is 5.92 Å². The predicted octanol–water partition coefficient (Wildman–Crippen LogP) is 5.67. The molecular weight excluding hydrogens is 448 g/mol. The second kappa shape index (κ2) is 9.65. The SMILES string of the molecule is C[N+](C)=CC1CC(Oc2ccc(Nc3nccc(Nc4cnc5ccccc5c4)n3)cc2Cl)C1. The molecule has 8 heteroatoms. The summed E-state index contributed by atoms with van der Waals surface area (Å²) >= 11 is 6.49. The number of nitrogens with zero attached hydrogens (tertiary/aromatic N) is 4. The number of rotatable bonds is 7. The summed E-state index contributed by atoms with van der Waals surface area (Å²) in [5.74, 6) is 2.39. The summed E-state index contributed by atoms with van der Waals surface area (Å²) in [6.45, 7) is 0. The number of halogens is 1. The number of nitrogens with one attached hydrogen (secondary N) is 2. The van der Waals surface area contributed by atoms with Gasteiger partial charge in [-0.1, -0.05) is 29.8 Å². The highest BCUT2D eigenvalue weighted by Gasteiger charge is 2.32. The van der Waals surface area contributed by atoms with Crippen molar-refractivity contribution in [2.45, 2.75) is 18.9 Å². The van der Waals surface area contributed by atoms with Gasteiger partial charge in [0.15, 0.2) is 0 Å². The van der Waals surface area contributed by atoms with E-state index in [0.717, 1.165) is 35.1 Å². The molecule has 7 nitrogen and oxygen atoms in total. The van der Waals surface area contributed by atoms with Crippen molar-refractivity contribution < 1.29 is 9.31 Å². The third-order valence-corrected chi connectivity index (χ3v) is 5.94. The van der Waals surface area contributed by atoms with Crippen molar-refractivity contribution in [2.24, 2.45) is 5.92 Å². The van der Waals surface area contributed by atoms with Crippen LogP contribution in [-0.4, -0.2) is 45.9 Å². The van der Waals surface area contributed by atoms with Crippen molar-refractivity contribution in [3.63, 3.8) is 0 Å². The quantitative estimate of drug-likeness (QED) is 0.266. The van der Waals surface area contributed by atoms with Crippen molar-refractivity contribution in [3.05, 3.63) is 72.0 Å². The number of hydrogen-bond acceptors (Lipinski definition) is 6. The molecular formula is C26H26ClN6O+. The van der Waals surface area contributed by atoms with E-state index in [0.29, 0.717) is 28.5 Å². The molecule has 2 heterocycles. The Bertz CT molecular complexity index is 1350. The molecule has 1 saturated carbocycles. The molecule has 2 aromatic carbocycles. The van der Waals surface area contributed by atoms with Crippen LogP contribution in [0.1, 0.15) is 12.8 Å². The summed E-state index contributed by atoms with van der Waals surface area (Å²) in [6, 6.07) is 17.5. The largest absolute Gasteiger partial charge is 0.489 e. The zero-order valence-corrected chi connectivity index (χ0v) is 19.8. The van der Waals surface area contributed by atoms with Crippen LogP contribution in [0.5, 0.6) is 5.75 Å². The molecule has 0 unspecified atom stereocenters. The van der Waals surface area contributed by atoms with Crippen molar-refractivity contribution >= 4 is 51.9 Å². The Kier molecular flexibility index (Phi) is 6.27. The van der Waals surface area contributed by atoms with Gasteiger partial charge >= 0.3 is 0 Å². The molecule has 0 amide bonds. The Morgan fingerprint density at radius 1 is 1.00 bits per heavy atom. The summed E-state index contributed by atoms with van der Waals surface area (Å²) in [5.41, 5.74) is 2.59. The second-order valence-electron chi connectivity index (χ2n) is 8.66. The van der Waals surface area contributed by atoms with E-state index in [1.807, 2.05) is 68.7 Å². The summed E-state index contributed by atoms with van der Waals surface area (Å²) < 4.78 is 8.17. The molecule has 1 aliphatic carbocycles. The molecule has 2 aromatic heterocycles. The Hall–Kier alpha value is -3.71. The van der Waals surface area contributed by atoms with E-state index >= 15 is 0 Å². The lowest BCUT2D eigenvalue weighted by molar-refractivity contribution is -0.462. The number of hydrogen-bond donors (Lipinski definition) is 2. The standard InChI is InChI=1S/C26H26ClN6O/c1-33(2)16-17-11-21(12-17)34-24-8-7-19(14-22(24)27)31-26-28-10-9-25(32-26)30-20-13-18-5-3-4-6-23(18)29-15-20/h3-10,13-17,21H,11-12H2,1-2H3,(H2,28,30,31,32)/q+1. The number of para-hydroxylation sites is 1. The number of benzene rings is 2. The molecule has 5 rings (SSSR count). The number of aromatic nitrogens is 3. The van der Waals surface area contributed by atoms with E-state index in [4.69, 9.17) is 16.3 Å². The molecule has 0 saturated heterocycles. The molecule has 0 aliphatic heterocycles. The summed E-state index contributed by atoms with van der Waals surface area (Å²) in [6.07, 6.45) is 7.94. The van der Waals surface area contributed by atoms with Crippen LogP contribution in [0.2, 0.25) is 5.02 Å². The molecule has 34 heavy (non-hydrogen) atoms. The van der Waals surface area contributed by atoms with E-state index in [2.05, 4.69) is 36.4 Å². The van der Waals surface area contributed by atoms with Gasteiger partial charge in [-0.3, -0.25) is 4.98 Å². The van der Waals surface area contributed by atoms with Crippen molar-refractivity contribution in [2.75, 3.05) is 24.7 Å². The van der Waals surface area contributed by atoms with Gasteiger partial charge in [-0.05, 0) is 49.2 Å². The number of pyridine rings is 1. The molecule has 1 aliphatic rings. The maximum absolute atomic E-state index is 6.49. The molecule has 0 spiro atoms. The second-order valence-corrected chi connectivity index (χ2v) is 9.07. The highest BCUT2D eigenvalue weighted by atomic mass is 35.5. The average Bonchev–Trinajstić information content (AvgIpc) is 2.79. The van der Waals surface area contributed by atoms with Crippen LogP contribution in [-0.2, 0) is 0 Å². The first-order chi connectivity index (χ1) is 16.5. The van der Waals surface area contributed by atoms with E-state index in [-0.39, 0.29) is 6.10 Å². The van der Waals surface area contributed by atoms with Crippen LogP contribution < -0.4 is 15.4 Å². The van der Waals surface area contributed by atoms with Gasteiger partial charge in [-0.15, -0.1) is 0 Å².